The maximum Gasteiger partial charge on any atom is 0.435 e. The van der Waals surface area contributed by atoms with E-state index in [1.807, 2.05) is 25.1 Å². The van der Waals surface area contributed by atoms with Crippen LogP contribution in [-0.4, -0.2) is 43.0 Å². The first kappa shape index (κ1) is 25.9. The lowest BCUT2D eigenvalue weighted by atomic mass is 10.1. The summed E-state index contributed by atoms with van der Waals surface area (Å²) in [4.78, 5) is 4.26. The van der Waals surface area contributed by atoms with E-state index in [0.717, 1.165) is 10.2 Å². The first-order valence-corrected chi connectivity index (χ1v) is 9.11. The molecule has 11 heteroatoms. The Kier molecular flexibility index (Phi) is 10.2. The van der Waals surface area contributed by atoms with Crippen LogP contribution < -0.4 is 20.1 Å². The fourth-order valence-corrected chi connectivity index (χ4v) is 2.76. The summed E-state index contributed by atoms with van der Waals surface area (Å²) in [6.07, 6.45) is -2.50. The number of nitrogens with one attached hydrogen (secondary N) is 2. The third-order valence-corrected chi connectivity index (χ3v) is 4.08. The standard InChI is InChI=1S/C19H26F3N5O2.HI/c1-5-23-18(25-11-14-12-27(2)26-17(14)19(20,21)22)24-9-8-13-6-7-15(28-3)16(10-13)29-4;/h6-7,10,12H,5,8-9,11H2,1-4H3,(H2,23,24,25);1H. The van der Waals surface area contributed by atoms with Crippen LogP contribution in [0, 0.1) is 0 Å². The Morgan fingerprint density at radius 2 is 1.87 bits per heavy atom. The minimum absolute atomic E-state index is 0. The van der Waals surface area contributed by atoms with Crippen LogP contribution in [0.25, 0.3) is 0 Å². The second-order valence-electron chi connectivity index (χ2n) is 6.24. The van der Waals surface area contributed by atoms with Gasteiger partial charge in [-0.15, -0.1) is 24.0 Å². The summed E-state index contributed by atoms with van der Waals surface area (Å²) in [6.45, 7) is 2.88. The summed E-state index contributed by atoms with van der Waals surface area (Å²) in [5.74, 6) is 1.72. The minimum atomic E-state index is -4.51. The molecule has 2 aromatic rings. The van der Waals surface area contributed by atoms with Gasteiger partial charge in [0.2, 0.25) is 0 Å². The summed E-state index contributed by atoms with van der Waals surface area (Å²) in [6, 6.07) is 5.64. The van der Waals surface area contributed by atoms with Crippen LogP contribution in [0.5, 0.6) is 11.5 Å². The van der Waals surface area contributed by atoms with Crippen molar-refractivity contribution < 1.29 is 22.6 Å². The number of rotatable bonds is 8. The molecule has 1 aromatic carbocycles. The van der Waals surface area contributed by atoms with Gasteiger partial charge in [-0.1, -0.05) is 6.07 Å². The summed E-state index contributed by atoms with van der Waals surface area (Å²) in [7, 11) is 4.60. The molecule has 0 bridgehead atoms. The van der Waals surface area contributed by atoms with Gasteiger partial charge in [0.15, 0.2) is 23.2 Å². The lowest BCUT2D eigenvalue weighted by Crippen LogP contribution is -2.38. The molecule has 0 saturated carbocycles. The molecular formula is C19H27F3IN5O2. The summed E-state index contributed by atoms with van der Waals surface area (Å²) >= 11 is 0. The maximum absolute atomic E-state index is 13.1. The molecule has 1 aromatic heterocycles. The van der Waals surface area contributed by atoms with Gasteiger partial charge in [-0.05, 0) is 31.0 Å². The van der Waals surface area contributed by atoms with Crippen molar-refractivity contribution in [2.45, 2.75) is 26.1 Å². The highest BCUT2D eigenvalue weighted by atomic mass is 127. The molecule has 0 aliphatic heterocycles. The van der Waals surface area contributed by atoms with Crippen LogP contribution >= 0.6 is 24.0 Å². The molecule has 168 valence electrons. The Morgan fingerprint density at radius 1 is 1.17 bits per heavy atom. The third kappa shape index (κ3) is 7.26. The predicted octanol–water partition coefficient (Wildman–Crippen LogP) is 3.37. The molecule has 7 nitrogen and oxygen atoms in total. The van der Waals surface area contributed by atoms with Crippen molar-refractivity contribution in [1.29, 1.82) is 0 Å². The number of methoxy groups -OCH3 is 2. The molecular weight excluding hydrogens is 514 g/mol. The van der Waals surface area contributed by atoms with Crippen LogP contribution in [0.2, 0.25) is 0 Å². The number of alkyl halides is 3. The van der Waals surface area contributed by atoms with E-state index >= 15 is 0 Å². The Morgan fingerprint density at radius 3 is 2.47 bits per heavy atom. The highest BCUT2D eigenvalue weighted by Gasteiger charge is 2.36. The van der Waals surface area contributed by atoms with Gasteiger partial charge in [-0.2, -0.15) is 18.3 Å². The Hall–Kier alpha value is -2.18. The zero-order chi connectivity index (χ0) is 21.4. The molecule has 0 spiro atoms. The van der Waals surface area contributed by atoms with Crippen LogP contribution in [0.3, 0.4) is 0 Å². The number of nitrogens with zero attached hydrogens (tertiary/aromatic N) is 3. The van der Waals surface area contributed by atoms with E-state index in [9.17, 15) is 13.2 Å². The second kappa shape index (κ2) is 11.9. The van der Waals surface area contributed by atoms with E-state index in [0.29, 0.717) is 37.0 Å². The van der Waals surface area contributed by atoms with E-state index < -0.39 is 11.9 Å². The minimum Gasteiger partial charge on any atom is -0.493 e. The van der Waals surface area contributed by atoms with Gasteiger partial charge in [0.05, 0.1) is 20.8 Å². The number of guanidine groups is 1. The molecule has 0 amide bonds. The first-order chi connectivity index (χ1) is 13.8. The van der Waals surface area contributed by atoms with Gasteiger partial charge in [-0.3, -0.25) is 4.68 Å². The summed E-state index contributed by atoms with van der Waals surface area (Å²) < 4.78 is 50.8. The third-order valence-electron chi connectivity index (χ3n) is 4.08. The first-order valence-electron chi connectivity index (χ1n) is 9.11. The predicted molar refractivity (Wildman–Crippen MR) is 120 cm³/mol. The van der Waals surface area contributed by atoms with E-state index in [1.165, 1.54) is 13.2 Å². The largest absolute Gasteiger partial charge is 0.493 e. The average molecular weight is 541 g/mol. The Bertz CT molecular complexity index is 840. The van der Waals surface area contributed by atoms with Gasteiger partial charge in [0.25, 0.3) is 0 Å². The zero-order valence-electron chi connectivity index (χ0n) is 17.3. The molecule has 0 fully saturated rings. The normalized spacial score (nSPS) is 11.6. The highest BCUT2D eigenvalue weighted by molar-refractivity contribution is 14.0. The number of aryl methyl sites for hydroxylation is 1. The van der Waals surface area contributed by atoms with Crippen molar-refractivity contribution in [3.63, 3.8) is 0 Å². The molecule has 0 radical (unpaired) electrons. The molecule has 0 aliphatic carbocycles. The maximum atomic E-state index is 13.1. The van der Waals surface area contributed by atoms with E-state index in [1.54, 1.807) is 14.2 Å². The number of halogens is 4. The summed E-state index contributed by atoms with van der Waals surface area (Å²) in [5.41, 5.74) is 0.139. The molecule has 0 saturated heterocycles. The van der Waals surface area contributed by atoms with Gasteiger partial charge in [-0.25, -0.2) is 4.99 Å². The quantitative estimate of drug-likeness (QED) is 0.305. The molecule has 2 N–H and O–H groups in total. The second-order valence-corrected chi connectivity index (χ2v) is 6.24. The lowest BCUT2D eigenvalue weighted by molar-refractivity contribution is -0.142. The summed E-state index contributed by atoms with van der Waals surface area (Å²) in [5, 5.41) is 9.66. The topological polar surface area (TPSA) is 72.7 Å². The van der Waals surface area contributed by atoms with Crippen LogP contribution in [0.1, 0.15) is 23.7 Å². The van der Waals surface area contributed by atoms with Crippen LogP contribution in [-0.2, 0) is 26.2 Å². The van der Waals surface area contributed by atoms with Crippen molar-refractivity contribution >= 4 is 29.9 Å². The highest BCUT2D eigenvalue weighted by Crippen LogP contribution is 2.31. The van der Waals surface area contributed by atoms with Crippen molar-refractivity contribution in [3.8, 4) is 11.5 Å². The smallest absolute Gasteiger partial charge is 0.435 e. The van der Waals surface area contributed by atoms with Gasteiger partial charge < -0.3 is 20.1 Å². The van der Waals surface area contributed by atoms with Crippen molar-refractivity contribution in [2.75, 3.05) is 27.3 Å². The number of hydrogen-bond donors (Lipinski definition) is 2. The number of aromatic nitrogens is 2. The molecule has 0 unspecified atom stereocenters. The van der Waals surface area contributed by atoms with Crippen molar-refractivity contribution in [3.05, 3.63) is 41.2 Å². The van der Waals surface area contributed by atoms with E-state index in [4.69, 9.17) is 9.47 Å². The van der Waals surface area contributed by atoms with Gasteiger partial charge in [0, 0.05) is 31.9 Å². The monoisotopic (exact) mass is 541 g/mol. The van der Waals surface area contributed by atoms with Crippen LogP contribution in [0.15, 0.2) is 29.4 Å². The van der Waals surface area contributed by atoms with Crippen molar-refractivity contribution in [1.82, 2.24) is 20.4 Å². The molecule has 1 heterocycles. The molecule has 30 heavy (non-hydrogen) atoms. The number of benzene rings is 1. The average Bonchev–Trinajstić information content (AvgIpc) is 3.07. The lowest BCUT2D eigenvalue weighted by Gasteiger charge is -2.13. The van der Waals surface area contributed by atoms with Gasteiger partial charge >= 0.3 is 6.18 Å². The fourth-order valence-electron chi connectivity index (χ4n) is 2.76. The Balaban J connectivity index is 0.00000450. The number of aliphatic imine (C=N–C) groups is 1. The van der Waals surface area contributed by atoms with E-state index in [2.05, 4.69) is 20.7 Å². The number of ether oxygens (including phenoxy) is 2. The van der Waals surface area contributed by atoms with Gasteiger partial charge in [0.1, 0.15) is 0 Å². The van der Waals surface area contributed by atoms with Crippen LogP contribution in [0.4, 0.5) is 13.2 Å². The molecule has 0 aliphatic rings. The van der Waals surface area contributed by atoms with Crippen molar-refractivity contribution in [2.24, 2.45) is 12.0 Å². The Labute approximate surface area is 191 Å². The number of hydrogen-bond acceptors (Lipinski definition) is 4. The molecule has 0 atom stereocenters. The fraction of sp³-hybridized carbons (Fsp3) is 0.474. The SMILES string of the molecule is CCNC(=NCc1cn(C)nc1C(F)(F)F)NCCc1ccc(OC)c(OC)c1.I. The zero-order valence-corrected chi connectivity index (χ0v) is 19.7. The molecule has 2 rings (SSSR count). The van der Waals surface area contributed by atoms with E-state index in [-0.39, 0.29) is 36.1 Å².